The van der Waals surface area contributed by atoms with Crippen LogP contribution in [0.1, 0.15) is 6.92 Å². The minimum Gasteiger partial charge on any atom is -0.461 e. The minimum atomic E-state index is -0.954. The normalized spacial score (nSPS) is 9.88. The summed E-state index contributed by atoms with van der Waals surface area (Å²) in [7, 11) is 3.85. The number of aliphatic hydroxyl groups excluding tert-OH is 3. The van der Waals surface area contributed by atoms with Gasteiger partial charge in [-0.3, -0.25) is 0 Å². The molecule has 0 saturated carbocycles. The van der Waals surface area contributed by atoms with Gasteiger partial charge in [0.1, 0.15) is 12.7 Å². The molecule has 3 N–H and O–H groups in total. The van der Waals surface area contributed by atoms with E-state index in [9.17, 15) is 4.79 Å². The molecule has 0 fully saturated rings. The summed E-state index contributed by atoms with van der Waals surface area (Å²) in [5, 5.41) is 24.0. The molecule has 0 heterocycles. The molecule has 0 bridgehead atoms. The van der Waals surface area contributed by atoms with Crippen molar-refractivity contribution in [1.82, 2.24) is 4.90 Å². The van der Waals surface area contributed by atoms with Crippen molar-refractivity contribution in [2.45, 2.75) is 13.0 Å². The lowest BCUT2D eigenvalue weighted by atomic mass is 10.4. The van der Waals surface area contributed by atoms with E-state index in [0.29, 0.717) is 12.2 Å². The van der Waals surface area contributed by atoms with E-state index in [1.165, 1.54) is 0 Å². The van der Waals surface area contributed by atoms with E-state index in [2.05, 4.69) is 6.58 Å². The number of hydrogen-bond donors (Lipinski definition) is 3. The molecule has 0 saturated heterocycles. The molecule has 102 valence electrons. The van der Waals surface area contributed by atoms with Gasteiger partial charge >= 0.3 is 5.97 Å². The Morgan fingerprint density at radius 2 is 1.82 bits per heavy atom. The Balaban J connectivity index is 0. The maximum absolute atomic E-state index is 10.8. The topological polar surface area (TPSA) is 90.2 Å². The predicted octanol–water partition coefficient (Wildman–Crippen LogP) is -1.00. The molecule has 0 spiro atoms. The van der Waals surface area contributed by atoms with Crippen LogP contribution in [0.4, 0.5) is 0 Å². The van der Waals surface area contributed by atoms with Crippen molar-refractivity contribution >= 4 is 5.97 Å². The van der Waals surface area contributed by atoms with Gasteiger partial charge in [-0.25, -0.2) is 4.79 Å². The Hall–Kier alpha value is -0.950. The third-order valence-electron chi connectivity index (χ3n) is 1.54. The first kappa shape index (κ1) is 18.4. The highest BCUT2D eigenvalue weighted by atomic mass is 16.5. The molecule has 0 unspecified atom stereocenters. The summed E-state index contributed by atoms with van der Waals surface area (Å²) in [6, 6.07) is 0. The molecule has 0 aromatic heterocycles. The van der Waals surface area contributed by atoms with Gasteiger partial charge in [0.2, 0.25) is 0 Å². The summed E-state index contributed by atoms with van der Waals surface area (Å²) in [5.74, 6) is -0.313. The highest BCUT2D eigenvalue weighted by molar-refractivity contribution is 5.86. The quantitative estimate of drug-likeness (QED) is 0.413. The van der Waals surface area contributed by atoms with Crippen LogP contribution in [0, 0.1) is 0 Å². The molecule has 0 atom stereocenters. The molecule has 6 nitrogen and oxygen atoms in total. The van der Waals surface area contributed by atoms with E-state index < -0.39 is 6.10 Å². The molecular formula is C11H23NO5. The first-order valence-corrected chi connectivity index (χ1v) is 5.22. The van der Waals surface area contributed by atoms with Crippen LogP contribution in [0.25, 0.3) is 0 Å². The number of ether oxygens (including phenoxy) is 1. The number of nitrogens with zero attached hydrogens (tertiary/aromatic N) is 1. The maximum Gasteiger partial charge on any atom is 0.333 e. The molecule has 6 heteroatoms. The smallest absolute Gasteiger partial charge is 0.333 e. The lowest BCUT2D eigenvalue weighted by Crippen LogP contribution is -2.20. The lowest BCUT2D eigenvalue weighted by Gasteiger charge is -2.09. The summed E-state index contributed by atoms with van der Waals surface area (Å²) >= 11 is 0. The van der Waals surface area contributed by atoms with Crippen molar-refractivity contribution < 1.29 is 24.9 Å². The fourth-order valence-electron chi connectivity index (χ4n) is 0.502. The van der Waals surface area contributed by atoms with E-state index >= 15 is 0 Å². The van der Waals surface area contributed by atoms with Crippen LogP contribution in [-0.2, 0) is 9.53 Å². The number of aliphatic hydroxyl groups is 3. The third-order valence-corrected chi connectivity index (χ3v) is 1.54. The monoisotopic (exact) mass is 249 g/mol. The lowest BCUT2D eigenvalue weighted by molar-refractivity contribution is -0.139. The fourth-order valence-corrected chi connectivity index (χ4v) is 0.502. The SMILES string of the molecule is C=C(C)C(=O)OCCN(C)C.OCC(O)CO. The van der Waals surface area contributed by atoms with Crippen molar-refractivity contribution in [3.63, 3.8) is 0 Å². The highest BCUT2D eigenvalue weighted by Crippen LogP contribution is 1.91. The second-order valence-electron chi connectivity index (χ2n) is 3.74. The van der Waals surface area contributed by atoms with Crippen molar-refractivity contribution in [1.29, 1.82) is 0 Å². The van der Waals surface area contributed by atoms with Gasteiger partial charge in [0.15, 0.2) is 0 Å². The number of likely N-dealkylation sites (N-methyl/N-ethyl adjacent to an activating group) is 1. The Morgan fingerprint density at radius 1 is 1.35 bits per heavy atom. The van der Waals surface area contributed by atoms with Crippen LogP contribution in [0.2, 0.25) is 0 Å². The van der Waals surface area contributed by atoms with Crippen LogP contribution in [0.5, 0.6) is 0 Å². The van der Waals surface area contributed by atoms with Gasteiger partial charge in [0.25, 0.3) is 0 Å². The summed E-state index contributed by atoms with van der Waals surface area (Å²) in [5.41, 5.74) is 0.448. The fraction of sp³-hybridized carbons (Fsp3) is 0.727. The molecule has 0 aliphatic rings. The van der Waals surface area contributed by atoms with E-state index in [1.807, 2.05) is 19.0 Å². The predicted molar refractivity (Wildman–Crippen MR) is 64.5 cm³/mol. The van der Waals surface area contributed by atoms with E-state index in [1.54, 1.807) is 6.92 Å². The van der Waals surface area contributed by atoms with Gasteiger partial charge in [-0.2, -0.15) is 0 Å². The highest BCUT2D eigenvalue weighted by Gasteiger charge is 2.01. The van der Waals surface area contributed by atoms with Gasteiger partial charge in [0, 0.05) is 12.1 Å². The number of rotatable bonds is 6. The zero-order valence-corrected chi connectivity index (χ0v) is 10.7. The van der Waals surface area contributed by atoms with Gasteiger partial charge in [-0.1, -0.05) is 6.58 Å². The molecular weight excluding hydrogens is 226 g/mol. The van der Waals surface area contributed by atoms with Crippen molar-refractivity contribution in [3.05, 3.63) is 12.2 Å². The molecule has 0 rings (SSSR count). The zero-order valence-electron chi connectivity index (χ0n) is 10.7. The second kappa shape index (κ2) is 11.5. The molecule has 17 heavy (non-hydrogen) atoms. The van der Waals surface area contributed by atoms with Crippen molar-refractivity contribution in [2.24, 2.45) is 0 Å². The van der Waals surface area contributed by atoms with Crippen LogP contribution in [0.15, 0.2) is 12.2 Å². The van der Waals surface area contributed by atoms with Crippen LogP contribution in [-0.4, -0.2) is 72.8 Å². The van der Waals surface area contributed by atoms with Gasteiger partial charge in [-0.15, -0.1) is 0 Å². The van der Waals surface area contributed by atoms with Gasteiger partial charge in [0.05, 0.1) is 13.2 Å². The molecule has 0 aliphatic carbocycles. The maximum atomic E-state index is 10.8. The van der Waals surface area contributed by atoms with Crippen LogP contribution < -0.4 is 0 Å². The Morgan fingerprint density at radius 3 is 2.06 bits per heavy atom. The summed E-state index contributed by atoms with van der Waals surface area (Å²) in [6.45, 7) is 5.55. The van der Waals surface area contributed by atoms with E-state index in [-0.39, 0.29) is 19.2 Å². The van der Waals surface area contributed by atoms with Crippen LogP contribution in [0.3, 0.4) is 0 Å². The molecule has 0 aliphatic heterocycles. The third kappa shape index (κ3) is 15.1. The number of hydrogen-bond acceptors (Lipinski definition) is 6. The summed E-state index contributed by atoms with van der Waals surface area (Å²) < 4.78 is 4.83. The Kier molecular flexibility index (Phi) is 12.5. The molecule has 0 aromatic rings. The molecule has 0 amide bonds. The van der Waals surface area contributed by atoms with Crippen molar-refractivity contribution in [2.75, 3.05) is 40.5 Å². The van der Waals surface area contributed by atoms with Gasteiger partial charge < -0.3 is 25.0 Å². The first-order valence-electron chi connectivity index (χ1n) is 5.22. The number of carbonyl (C=O) groups excluding carboxylic acids is 1. The Bertz CT molecular complexity index is 214. The van der Waals surface area contributed by atoms with E-state index in [0.717, 1.165) is 6.54 Å². The average molecular weight is 249 g/mol. The van der Waals surface area contributed by atoms with E-state index in [4.69, 9.17) is 20.1 Å². The zero-order chi connectivity index (χ0) is 13.8. The van der Waals surface area contributed by atoms with Crippen molar-refractivity contribution in [3.8, 4) is 0 Å². The minimum absolute atomic E-state index is 0.313. The number of carbonyl (C=O) groups is 1. The van der Waals surface area contributed by atoms with Gasteiger partial charge in [-0.05, 0) is 21.0 Å². The summed E-state index contributed by atoms with van der Waals surface area (Å²) in [4.78, 5) is 12.7. The largest absolute Gasteiger partial charge is 0.461 e. The molecule has 0 aromatic carbocycles. The Labute approximate surface area is 102 Å². The first-order chi connectivity index (χ1) is 7.84. The average Bonchev–Trinajstić information content (AvgIpc) is 2.28. The number of esters is 1. The van der Waals surface area contributed by atoms with Crippen LogP contribution >= 0.6 is 0 Å². The second-order valence-corrected chi connectivity index (χ2v) is 3.74. The molecule has 0 radical (unpaired) electrons. The summed E-state index contributed by atoms with van der Waals surface area (Å²) in [6.07, 6.45) is -0.954. The standard InChI is InChI=1S/C8H15NO2.C3H8O3/c1-7(2)8(10)11-6-5-9(3)4;4-1-3(6)2-5/h1,5-6H2,2-4H3;3-6H,1-2H2.